The second-order valence-electron chi connectivity index (χ2n) is 5.58. The lowest BCUT2D eigenvalue weighted by Crippen LogP contribution is -2.23. The van der Waals surface area contributed by atoms with E-state index in [4.69, 9.17) is 4.74 Å². The van der Waals surface area contributed by atoms with Crippen molar-refractivity contribution >= 4 is 5.91 Å². The van der Waals surface area contributed by atoms with E-state index in [1.165, 1.54) is 29.1 Å². The minimum Gasteiger partial charge on any atom is -0.471 e. The normalized spacial score (nSPS) is 11.2. The highest BCUT2D eigenvalue weighted by Crippen LogP contribution is 2.31. The van der Waals surface area contributed by atoms with Gasteiger partial charge < -0.3 is 10.1 Å². The smallest absolute Gasteiger partial charge is 0.416 e. The highest BCUT2D eigenvalue weighted by Gasteiger charge is 2.30. The van der Waals surface area contributed by atoms with Gasteiger partial charge in [0.2, 0.25) is 0 Å². The number of benzene rings is 1. The summed E-state index contributed by atoms with van der Waals surface area (Å²) >= 11 is 0. The fourth-order valence-corrected chi connectivity index (χ4v) is 2.23. The van der Waals surface area contributed by atoms with Crippen molar-refractivity contribution in [3.8, 4) is 5.75 Å². The Hall–Kier alpha value is -3.36. The number of rotatable bonds is 6. The van der Waals surface area contributed by atoms with Crippen LogP contribution in [0.15, 0.2) is 61.1 Å². The number of pyridine rings is 1. The average molecular weight is 376 g/mol. The van der Waals surface area contributed by atoms with Crippen LogP contribution in [-0.2, 0) is 19.5 Å². The Kier molecular flexibility index (Phi) is 5.39. The molecular weight excluding hydrogens is 361 g/mol. The number of amides is 1. The van der Waals surface area contributed by atoms with Gasteiger partial charge in [0, 0.05) is 25.1 Å². The maximum Gasteiger partial charge on any atom is 0.416 e. The van der Waals surface area contributed by atoms with Crippen molar-refractivity contribution in [2.45, 2.75) is 19.5 Å². The third kappa shape index (κ3) is 5.06. The van der Waals surface area contributed by atoms with Crippen LogP contribution in [0.3, 0.4) is 0 Å². The minimum atomic E-state index is -4.44. The molecule has 3 aromatic rings. The maximum absolute atomic E-state index is 12.7. The quantitative estimate of drug-likeness (QED) is 0.717. The van der Waals surface area contributed by atoms with Gasteiger partial charge in [0.15, 0.2) is 6.73 Å². The summed E-state index contributed by atoms with van der Waals surface area (Å²) in [7, 11) is 0. The monoisotopic (exact) mass is 376 g/mol. The summed E-state index contributed by atoms with van der Waals surface area (Å²) in [5.41, 5.74) is 0.223. The molecule has 0 saturated heterocycles. The SMILES string of the molecule is O=C(NCc1cccnc1)c1ccn(COc2cccc(C(F)(F)F)c2)n1. The zero-order chi connectivity index (χ0) is 19.3. The van der Waals surface area contributed by atoms with Crippen molar-refractivity contribution in [3.63, 3.8) is 0 Å². The van der Waals surface area contributed by atoms with Crippen LogP contribution in [0.25, 0.3) is 0 Å². The average Bonchev–Trinajstić information content (AvgIpc) is 3.14. The van der Waals surface area contributed by atoms with E-state index in [2.05, 4.69) is 15.4 Å². The van der Waals surface area contributed by atoms with Gasteiger partial charge in [0.25, 0.3) is 5.91 Å². The number of hydrogen-bond donors (Lipinski definition) is 1. The number of carbonyl (C=O) groups excluding carboxylic acids is 1. The third-order valence-corrected chi connectivity index (χ3v) is 3.57. The molecule has 0 unspecified atom stereocenters. The molecule has 0 aliphatic heterocycles. The number of nitrogens with zero attached hydrogens (tertiary/aromatic N) is 3. The molecule has 0 saturated carbocycles. The first-order valence-corrected chi connectivity index (χ1v) is 7.92. The molecule has 0 spiro atoms. The molecule has 6 nitrogen and oxygen atoms in total. The van der Waals surface area contributed by atoms with Crippen LogP contribution in [0.2, 0.25) is 0 Å². The number of aromatic nitrogens is 3. The summed E-state index contributed by atoms with van der Waals surface area (Å²) in [6.45, 7) is 0.178. The molecule has 2 aromatic heterocycles. The van der Waals surface area contributed by atoms with Gasteiger partial charge in [0.1, 0.15) is 11.4 Å². The van der Waals surface area contributed by atoms with Gasteiger partial charge in [-0.2, -0.15) is 18.3 Å². The predicted molar refractivity (Wildman–Crippen MR) is 89.7 cm³/mol. The van der Waals surface area contributed by atoms with Crippen LogP contribution in [0.5, 0.6) is 5.75 Å². The summed E-state index contributed by atoms with van der Waals surface area (Å²) in [6.07, 6.45) is 0.344. The number of ether oxygens (including phenoxy) is 1. The second kappa shape index (κ2) is 7.90. The van der Waals surface area contributed by atoms with Crippen molar-refractivity contribution in [2.75, 3.05) is 0 Å². The second-order valence-corrected chi connectivity index (χ2v) is 5.58. The fourth-order valence-electron chi connectivity index (χ4n) is 2.23. The Morgan fingerprint density at radius 2 is 2.04 bits per heavy atom. The summed E-state index contributed by atoms with van der Waals surface area (Å²) < 4.78 is 44.7. The number of alkyl halides is 3. The number of carbonyl (C=O) groups is 1. The Labute approximate surface area is 152 Å². The molecule has 1 aromatic carbocycles. The van der Waals surface area contributed by atoms with Crippen molar-refractivity contribution in [1.29, 1.82) is 0 Å². The lowest BCUT2D eigenvalue weighted by Gasteiger charge is -2.10. The number of hydrogen-bond acceptors (Lipinski definition) is 4. The molecule has 0 aliphatic rings. The van der Waals surface area contributed by atoms with E-state index in [9.17, 15) is 18.0 Å². The molecule has 27 heavy (non-hydrogen) atoms. The van der Waals surface area contributed by atoms with Crippen molar-refractivity contribution < 1.29 is 22.7 Å². The molecule has 9 heteroatoms. The van der Waals surface area contributed by atoms with Crippen LogP contribution in [0.1, 0.15) is 21.6 Å². The lowest BCUT2D eigenvalue weighted by molar-refractivity contribution is -0.137. The first-order chi connectivity index (χ1) is 12.9. The standard InChI is InChI=1S/C18H15F3N4O2/c19-18(20,21)14-4-1-5-15(9-14)27-12-25-8-6-16(24-25)17(26)23-11-13-3-2-7-22-10-13/h1-10H,11-12H2,(H,23,26). The molecule has 3 rings (SSSR count). The zero-order valence-electron chi connectivity index (χ0n) is 14.0. The van der Waals surface area contributed by atoms with Crippen LogP contribution >= 0.6 is 0 Å². The zero-order valence-corrected chi connectivity index (χ0v) is 14.0. The molecule has 0 bridgehead atoms. The van der Waals surface area contributed by atoms with E-state index in [1.54, 1.807) is 18.5 Å². The van der Waals surface area contributed by atoms with Crippen molar-refractivity contribution in [3.05, 3.63) is 77.9 Å². The van der Waals surface area contributed by atoms with Crippen LogP contribution in [0.4, 0.5) is 13.2 Å². The van der Waals surface area contributed by atoms with Crippen LogP contribution in [-0.4, -0.2) is 20.7 Å². The predicted octanol–water partition coefficient (Wildman–Crippen LogP) is 3.26. The first kappa shape index (κ1) is 18.4. The summed E-state index contributed by atoms with van der Waals surface area (Å²) in [4.78, 5) is 16.0. The molecule has 1 amide bonds. The van der Waals surface area contributed by atoms with Gasteiger partial charge in [-0.15, -0.1) is 0 Å². The minimum absolute atomic E-state index is 0.0582. The van der Waals surface area contributed by atoms with E-state index >= 15 is 0 Å². The Morgan fingerprint density at radius 1 is 1.19 bits per heavy atom. The molecule has 0 fully saturated rings. The summed E-state index contributed by atoms with van der Waals surface area (Å²) in [5.74, 6) is -0.320. The van der Waals surface area contributed by atoms with Gasteiger partial charge in [-0.25, -0.2) is 4.68 Å². The first-order valence-electron chi connectivity index (χ1n) is 7.92. The largest absolute Gasteiger partial charge is 0.471 e. The van der Waals surface area contributed by atoms with Gasteiger partial charge in [0.05, 0.1) is 5.56 Å². The van der Waals surface area contributed by atoms with Crippen molar-refractivity contribution in [2.24, 2.45) is 0 Å². The van der Waals surface area contributed by atoms with Crippen LogP contribution in [0, 0.1) is 0 Å². The number of halogens is 3. The Balaban J connectivity index is 1.56. The van der Waals surface area contributed by atoms with Gasteiger partial charge in [-0.05, 0) is 35.9 Å². The lowest BCUT2D eigenvalue weighted by atomic mass is 10.2. The van der Waals surface area contributed by atoms with Gasteiger partial charge in [-0.3, -0.25) is 9.78 Å². The Bertz CT molecular complexity index is 910. The molecule has 140 valence electrons. The topological polar surface area (TPSA) is 69.0 Å². The summed E-state index contributed by atoms with van der Waals surface area (Å²) in [5, 5.41) is 6.76. The molecule has 0 radical (unpaired) electrons. The fraction of sp³-hybridized carbons (Fsp3) is 0.167. The molecule has 2 heterocycles. The highest BCUT2D eigenvalue weighted by molar-refractivity contribution is 5.92. The van der Waals surface area contributed by atoms with E-state index in [0.717, 1.165) is 17.7 Å². The summed E-state index contributed by atoms with van der Waals surface area (Å²) in [6, 6.07) is 9.64. The molecule has 1 N–H and O–H groups in total. The van der Waals surface area contributed by atoms with E-state index < -0.39 is 11.7 Å². The van der Waals surface area contributed by atoms with E-state index in [1.807, 2.05) is 6.07 Å². The van der Waals surface area contributed by atoms with E-state index in [0.29, 0.717) is 6.54 Å². The van der Waals surface area contributed by atoms with Gasteiger partial charge >= 0.3 is 6.18 Å². The maximum atomic E-state index is 12.7. The highest BCUT2D eigenvalue weighted by atomic mass is 19.4. The van der Waals surface area contributed by atoms with Gasteiger partial charge in [-0.1, -0.05) is 12.1 Å². The molecular formula is C18H15F3N4O2. The van der Waals surface area contributed by atoms with E-state index in [-0.39, 0.29) is 24.1 Å². The number of nitrogens with one attached hydrogen (secondary N) is 1. The van der Waals surface area contributed by atoms with Crippen molar-refractivity contribution in [1.82, 2.24) is 20.1 Å². The third-order valence-electron chi connectivity index (χ3n) is 3.57. The molecule has 0 aliphatic carbocycles. The Morgan fingerprint density at radius 3 is 2.78 bits per heavy atom. The van der Waals surface area contributed by atoms with Crippen LogP contribution < -0.4 is 10.1 Å². The molecule has 0 atom stereocenters.